The van der Waals surface area contributed by atoms with Crippen LogP contribution in [0.2, 0.25) is 0 Å². The number of hydrogen-bond acceptors (Lipinski definition) is 4. The van der Waals surface area contributed by atoms with E-state index < -0.39 is 17.6 Å². The summed E-state index contributed by atoms with van der Waals surface area (Å²) in [7, 11) is 0. The molecular weight excluding hydrogens is 396 g/mol. The highest BCUT2D eigenvalue weighted by Crippen LogP contribution is 2.33. The van der Waals surface area contributed by atoms with Crippen LogP contribution in [0.25, 0.3) is 0 Å². The summed E-state index contributed by atoms with van der Waals surface area (Å²) in [5.74, 6) is -2.35. The van der Waals surface area contributed by atoms with Crippen LogP contribution in [0.4, 0.5) is 20.2 Å². The Morgan fingerprint density at radius 3 is 2.66 bits per heavy atom. The lowest BCUT2D eigenvalue weighted by atomic mass is 9.96. The molecule has 4 rings (SSSR count). The lowest BCUT2D eigenvalue weighted by Gasteiger charge is -2.36. The van der Waals surface area contributed by atoms with Crippen LogP contribution in [-0.2, 0) is 16.0 Å². The Morgan fingerprint density at radius 2 is 1.90 bits per heavy atom. The minimum Gasteiger partial charge on any atom is -0.344 e. The molecule has 0 aromatic heterocycles. The number of thiocarbonyl (C=S) groups is 1. The van der Waals surface area contributed by atoms with Crippen molar-refractivity contribution in [2.75, 3.05) is 9.80 Å². The molecule has 2 heterocycles. The fourth-order valence-corrected chi connectivity index (χ4v) is 3.85. The van der Waals surface area contributed by atoms with Crippen LogP contribution in [-0.4, -0.2) is 23.0 Å². The maximum Gasteiger partial charge on any atom is 0.271 e. The largest absolute Gasteiger partial charge is 0.344 e. The topological polar surface area (TPSA) is 52.7 Å². The van der Waals surface area contributed by atoms with E-state index in [1.54, 1.807) is 17.0 Å². The van der Waals surface area contributed by atoms with Crippen LogP contribution >= 0.6 is 12.2 Å². The molecule has 2 aliphatic rings. The number of para-hydroxylation sites is 1. The Labute approximate surface area is 171 Å². The smallest absolute Gasteiger partial charge is 0.271 e. The van der Waals surface area contributed by atoms with Crippen molar-refractivity contribution in [3.8, 4) is 0 Å². The van der Waals surface area contributed by atoms with E-state index in [0.717, 1.165) is 22.6 Å². The van der Waals surface area contributed by atoms with Crippen molar-refractivity contribution in [1.82, 2.24) is 5.32 Å². The summed E-state index contributed by atoms with van der Waals surface area (Å²) in [6, 6.07) is 10.1. The number of halogens is 2. The van der Waals surface area contributed by atoms with Gasteiger partial charge >= 0.3 is 0 Å². The number of benzene rings is 2. The molecule has 0 bridgehead atoms. The lowest BCUT2D eigenvalue weighted by Crippen LogP contribution is -2.55. The number of anilines is 2. The molecule has 0 saturated carbocycles. The van der Waals surface area contributed by atoms with E-state index in [0.29, 0.717) is 6.42 Å². The van der Waals surface area contributed by atoms with Crippen molar-refractivity contribution in [2.24, 2.45) is 0 Å². The summed E-state index contributed by atoms with van der Waals surface area (Å²) in [5, 5.41) is 2.27. The Hall–Kier alpha value is -3.13. The molecule has 1 fully saturated rings. The van der Waals surface area contributed by atoms with Crippen molar-refractivity contribution in [1.29, 1.82) is 0 Å². The molecule has 1 saturated heterocycles. The molecule has 5 nitrogen and oxygen atoms in total. The SMILES string of the molecule is C[C@@H]1CCc2cc(F)ccc2N1/C=C1/C(=O)NC(=S)N(c2ccccc2F)C1=O. The third-order valence-electron chi connectivity index (χ3n) is 5.09. The van der Waals surface area contributed by atoms with E-state index in [1.165, 1.54) is 36.5 Å². The molecule has 148 valence electrons. The molecule has 1 N–H and O–H groups in total. The van der Waals surface area contributed by atoms with Crippen molar-refractivity contribution in [3.05, 3.63) is 71.4 Å². The zero-order valence-electron chi connectivity index (χ0n) is 15.5. The average molecular weight is 413 g/mol. The number of amides is 2. The second kappa shape index (κ2) is 7.36. The molecule has 0 radical (unpaired) electrons. The van der Waals surface area contributed by atoms with Crippen molar-refractivity contribution in [2.45, 2.75) is 25.8 Å². The summed E-state index contributed by atoms with van der Waals surface area (Å²) in [6.07, 6.45) is 2.86. The van der Waals surface area contributed by atoms with Crippen LogP contribution < -0.4 is 15.1 Å². The second-order valence-electron chi connectivity index (χ2n) is 6.96. The van der Waals surface area contributed by atoms with Crippen molar-refractivity contribution < 1.29 is 18.4 Å². The normalized spacial score (nSPS) is 20.7. The predicted molar refractivity (Wildman–Crippen MR) is 109 cm³/mol. The maximum absolute atomic E-state index is 14.3. The monoisotopic (exact) mass is 413 g/mol. The molecule has 2 aromatic carbocycles. The van der Waals surface area contributed by atoms with E-state index in [4.69, 9.17) is 12.2 Å². The number of carbonyl (C=O) groups excluding carboxylic acids is 2. The van der Waals surface area contributed by atoms with Gasteiger partial charge in [-0.25, -0.2) is 13.7 Å². The first-order chi connectivity index (χ1) is 13.9. The molecular formula is C21H17F2N3O2S. The summed E-state index contributed by atoms with van der Waals surface area (Å²) in [5.41, 5.74) is 1.31. The Morgan fingerprint density at radius 1 is 1.14 bits per heavy atom. The van der Waals surface area contributed by atoms with Gasteiger partial charge in [-0.05, 0) is 67.9 Å². The molecule has 29 heavy (non-hydrogen) atoms. The van der Waals surface area contributed by atoms with E-state index in [2.05, 4.69) is 5.32 Å². The van der Waals surface area contributed by atoms with Crippen LogP contribution in [0, 0.1) is 11.6 Å². The van der Waals surface area contributed by atoms with Gasteiger partial charge in [-0.3, -0.25) is 14.9 Å². The number of nitrogens with one attached hydrogen (secondary N) is 1. The Kier molecular flexibility index (Phi) is 4.87. The van der Waals surface area contributed by atoms with E-state index >= 15 is 0 Å². The average Bonchev–Trinajstić information content (AvgIpc) is 2.68. The number of nitrogens with zero attached hydrogens (tertiary/aromatic N) is 2. The molecule has 2 amide bonds. The van der Waals surface area contributed by atoms with Gasteiger partial charge in [-0.15, -0.1) is 0 Å². The van der Waals surface area contributed by atoms with Crippen molar-refractivity contribution in [3.63, 3.8) is 0 Å². The van der Waals surface area contributed by atoms with Gasteiger partial charge in [0.15, 0.2) is 5.11 Å². The number of carbonyl (C=O) groups is 2. The van der Waals surface area contributed by atoms with E-state index in [1.807, 2.05) is 6.92 Å². The predicted octanol–water partition coefficient (Wildman–Crippen LogP) is 3.44. The second-order valence-corrected chi connectivity index (χ2v) is 7.35. The van der Waals surface area contributed by atoms with Gasteiger partial charge in [-0.1, -0.05) is 12.1 Å². The first-order valence-corrected chi connectivity index (χ1v) is 9.50. The van der Waals surface area contributed by atoms with Gasteiger partial charge < -0.3 is 4.90 Å². The summed E-state index contributed by atoms with van der Waals surface area (Å²) >= 11 is 5.10. The third-order valence-corrected chi connectivity index (χ3v) is 5.37. The molecule has 2 aromatic rings. The fraction of sp³-hybridized carbons (Fsp3) is 0.190. The van der Waals surface area contributed by atoms with Crippen LogP contribution in [0.5, 0.6) is 0 Å². The number of rotatable bonds is 2. The minimum absolute atomic E-state index is 0.0168. The zero-order valence-corrected chi connectivity index (χ0v) is 16.3. The van der Waals surface area contributed by atoms with Crippen LogP contribution in [0.1, 0.15) is 18.9 Å². The van der Waals surface area contributed by atoms with Gasteiger partial charge in [0, 0.05) is 17.9 Å². The highest BCUT2D eigenvalue weighted by molar-refractivity contribution is 7.80. The van der Waals surface area contributed by atoms with Gasteiger partial charge in [0.05, 0.1) is 5.69 Å². The summed E-state index contributed by atoms with van der Waals surface area (Å²) in [6.45, 7) is 1.95. The zero-order chi connectivity index (χ0) is 20.7. The number of fused-ring (bicyclic) bond motifs is 1. The highest BCUT2D eigenvalue weighted by atomic mass is 32.1. The molecule has 8 heteroatoms. The summed E-state index contributed by atoms with van der Waals surface area (Å²) in [4.78, 5) is 28.4. The molecule has 0 aliphatic carbocycles. The standard InChI is InChI=1S/C21H17F2N3O2S/c1-12-6-7-13-10-14(22)8-9-17(13)25(12)11-15-19(27)24-21(29)26(20(15)28)18-5-3-2-4-16(18)23/h2-5,8-12H,6-7H2,1H3,(H,24,27,29)/b15-11-/t12-/m1/s1. The number of hydrogen-bond donors (Lipinski definition) is 1. The minimum atomic E-state index is -0.717. The van der Waals surface area contributed by atoms with Gasteiger partial charge in [0.25, 0.3) is 11.8 Å². The van der Waals surface area contributed by atoms with E-state index in [9.17, 15) is 18.4 Å². The van der Waals surface area contributed by atoms with Crippen LogP contribution in [0.15, 0.2) is 54.2 Å². The van der Waals surface area contributed by atoms with Gasteiger partial charge in [0.2, 0.25) is 0 Å². The molecule has 0 unspecified atom stereocenters. The van der Waals surface area contributed by atoms with E-state index in [-0.39, 0.29) is 28.2 Å². The molecule has 2 aliphatic heterocycles. The first-order valence-electron chi connectivity index (χ1n) is 9.09. The Bertz CT molecular complexity index is 1070. The van der Waals surface area contributed by atoms with Crippen molar-refractivity contribution >= 4 is 40.5 Å². The van der Waals surface area contributed by atoms with Gasteiger partial charge in [-0.2, -0.15) is 0 Å². The third kappa shape index (κ3) is 3.40. The summed E-state index contributed by atoms with van der Waals surface area (Å²) < 4.78 is 27.9. The fourth-order valence-electron chi connectivity index (χ4n) is 3.58. The van der Waals surface area contributed by atoms with Crippen LogP contribution in [0.3, 0.4) is 0 Å². The lowest BCUT2D eigenvalue weighted by molar-refractivity contribution is -0.122. The molecule has 0 spiro atoms. The Balaban J connectivity index is 1.77. The first kappa shape index (κ1) is 19.2. The molecule has 1 atom stereocenters. The number of aryl methyl sites for hydroxylation is 1. The van der Waals surface area contributed by atoms with Gasteiger partial charge in [0.1, 0.15) is 17.2 Å². The highest BCUT2D eigenvalue weighted by Gasteiger charge is 2.37. The maximum atomic E-state index is 14.3. The quantitative estimate of drug-likeness (QED) is 0.466.